The number of benzene rings is 1. The minimum atomic E-state index is -0.877. The highest BCUT2D eigenvalue weighted by Crippen LogP contribution is 2.23. The van der Waals surface area contributed by atoms with Crippen LogP contribution >= 0.6 is 0 Å². The first kappa shape index (κ1) is 13.8. The molecule has 1 unspecified atom stereocenters. The SMILES string of the molecule is CC(C)(C)C(O)OCc1cccc2c(=O)ccoc12. The molecule has 0 aliphatic carbocycles. The lowest BCUT2D eigenvalue weighted by Gasteiger charge is -2.25. The molecule has 2 aromatic rings. The third kappa shape index (κ3) is 3.03. The zero-order valence-corrected chi connectivity index (χ0v) is 11.3. The summed E-state index contributed by atoms with van der Waals surface area (Å²) in [5.41, 5.74) is 0.819. The van der Waals surface area contributed by atoms with Gasteiger partial charge in [0.05, 0.1) is 18.3 Å². The second-order valence-electron chi connectivity index (χ2n) is 5.61. The molecule has 0 aliphatic rings. The van der Waals surface area contributed by atoms with Crippen LogP contribution in [0.1, 0.15) is 26.3 Å². The van der Waals surface area contributed by atoms with Crippen LogP contribution in [0.4, 0.5) is 0 Å². The summed E-state index contributed by atoms with van der Waals surface area (Å²) < 4.78 is 10.8. The van der Waals surface area contributed by atoms with Gasteiger partial charge in [-0.1, -0.05) is 32.9 Å². The van der Waals surface area contributed by atoms with Gasteiger partial charge in [-0.25, -0.2) is 0 Å². The lowest BCUT2D eigenvalue weighted by atomic mass is 9.96. The van der Waals surface area contributed by atoms with Gasteiger partial charge in [0.15, 0.2) is 11.7 Å². The summed E-state index contributed by atoms with van der Waals surface area (Å²) in [6.07, 6.45) is 0.493. The van der Waals surface area contributed by atoms with Crippen LogP contribution in [0.3, 0.4) is 0 Å². The van der Waals surface area contributed by atoms with Crippen molar-refractivity contribution < 1.29 is 14.3 Å². The molecule has 0 radical (unpaired) electrons. The molecular weight excluding hydrogens is 244 g/mol. The average Bonchev–Trinajstić information content (AvgIpc) is 2.35. The molecule has 102 valence electrons. The Morgan fingerprint density at radius 3 is 2.74 bits per heavy atom. The van der Waals surface area contributed by atoms with E-state index < -0.39 is 6.29 Å². The molecule has 1 heterocycles. The Balaban J connectivity index is 2.27. The number of ether oxygens (including phenoxy) is 1. The highest BCUT2D eigenvalue weighted by molar-refractivity contribution is 5.79. The molecule has 1 aromatic carbocycles. The lowest BCUT2D eigenvalue weighted by molar-refractivity contribution is -0.166. The lowest BCUT2D eigenvalue weighted by Crippen LogP contribution is -2.28. The van der Waals surface area contributed by atoms with Crippen molar-refractivity contribution in [1.82, 2.24) is 0 Å². The maximum atomic E-state index is 11.7. The first-order chi connectivity index (χ1) is 8.89. The largest absolute Gasteiger partial charge is 0.464 e. The van der Waals surface area contributed by atoms with Gasteiger partial charge < -0.3 is 14.3 Å². The van der Waals surface area contributed by atoms with Crippen molar-refractivity contribution >= 4 is 11.0 Å². The minimum absolute atomic E-state index is 0.0838. The van der Waals surface area contributed by atoms with E-state index in [4.69, 9.17) is 9.15 Å². The van der Waals surface area contributed by atoms with E-state index in [-0.39, 0.29) is 17.5 Å². The summed E-state index contributed by atoms with van der Waals surface area (Å²) >= 11 is 0. The van der Waals surface area contributed by atoms with Crippen molar-refractivity contribution in [2.75, 3.05) is 0 Å². The Morgan fingerprint density at radius 1 is 1.32 bits per heavy atom. The van der Waals surface area contributed by atoms with Gasteiger partial charge in [0.1, 0.15) is 5.58 Å². The average molecular weight is 262 g/mol. The molecule has 0 fully saturated rings. The quantitative estimate of drug-likeness (QED) is 0.864. The number of para-hydroxylation sites is 1. The van der Waals surface area contributed by atoms with Gasteiger partial charge in [0, 0.05) is 17.0 Å². The Hall–Kier alpha value is -1.65. The van der Waals surface area contributed by atoms with Gasteiger partial charge in [-0.05, 0) is 6.07 Å². The summed E-state index contributed by atoms with van der Waals surface area (Å²) in [4.78, 5) is 11.7. The number of hydrogen-bond donors (Lipinski definition) is 1. The van der Waals surface area contributed by atoms with Crippen molar-refractivity contribution in [1.29, 1.82) is 0 Å². The molecule has 0 amide bonds. The van der Waals surface area contributed by atoms with Crippen molar-refractivity contribution in [2.45, 2.75) is 33.7 Å². The molecule has 2 rings (SSSR count). The van der Waals surface area contributed by atoms with Gasteiger partial charge in [0.25, 0.3) is 0 Å². The summed E-state index contributed by atoms with van der Waals surface area (Å²) in [5.74, 6) is 0. The predicted molar refractivity (Wildman–Crippen MR) is 72.7 cm³/mol. The molecule has 4 heteroatoms. The van der Waals surface area contributed by atoms with Crippen LogP contribution in [-0.4, -0.2) is 11.4 Å². The van der Waals surface area contributed by atoms with Crippen LogP contribution in [0.15, 0.2) is 39.7 Å². The van der Waals surface area contributed by atoms with E-state index in [0.29, 0.717) is 11.0 Å². The van der Waals surface area contributed by atoms with E-state index in [2.05, 4.69) is 0 Å². The second kappa shape index (κ2) is 5.15. The van der Waals surface area contributed by atoms with Crippen LogP contribution in [0.5, 0.6) is 0 Å². The Labute approximate surface area is 111 Å². The zero-order valence-electron chi connectivity index (χ0n) is 11.3. The van der Waals surface area contributed by atoms with E-state index in [9.17, 15) is 9.90 Å². The number of hydrogen-bond acceptors (Lipinski definition) is 4. The third-order valence-corrected chi connectivity index (χ3v) is 2.90. The van der Waals surface area contributed by atoms with Gasteiger partial charge >= 0.3 is 0 Å². The maximum absolute atomic E-state index is 11.7. The first-order valence-electron chi connectivity index (χ1n) is 6.18. The minimum Gasteiger partial charge on any atom is -0.464 e. The van der Waals surface area contributed by atoms with Crippen LogP contribution in [-0.2, 0) is 11.3 Å². The van der Waals surface area contributed by atoms with Gasteiger partial charge in [-0.15, -0.1) is 0 Å². The molecular formula is C15H18O4. The molecule has 1 N–H and O–H groups in total. The maximum Gasteiger partial charge on any atom is 0.192 e. The predicted octanol–water partition coefficient (Wildman–Crippen LogP) is 2.67. The van der Waals surface area contributed by atoms with Crippen molar-refractivity contribution in [2.24, 2.45) is 5.41 Å². The number of fused-ring (bicyclic) bond motifs is 1. The van der Waals surface area contributed by atoms with E-state index >= 15 is 0 Å². The van der Waals surface area contributed by atoms with Gasteiger partial charge in [-0.3, -0.25) is 4.79 Å². The fourth-order valence-corrected chi connectivity index (χ4v) is 1.70. The fraction of sp³-hybridized carbons (Fsp3) is 0.400. The monoisotopic (exact) mass is 262 g/mol. The number of aliphatic hydroxyl groups is 1. The highest BCUT2D eigenvalue weighted by atomic mass is 16.6. The van der Waals surface area contributed by atoms with Crippen LogP contribution < -0.4 is 5.43 Å². The topological polar surface area (TPSA) is 59.7 Å². The first-order valence-corrected chi connectivity index (χ1v) is 6.18. The van der Waals surface area contributed by atoms with E-state index in [1.54, 1.807) is 12.1 Å². The van der Waals surface area contributed by atoms with Crippen molar-refractivity contribution in [3.63, 3.8) is 0 Å². The summed E-state index contributed by atoms with van der Waals surface area (Å²) in [5, 5.41) is 10.4. The Morgan fingerprint density at radius 2 is 2.05 bits per heavy atom. The summed E-state index contributed by atoms with van der Waals surface area (Å²) in [6, 6.07) is 6.70. The summed E-state index contributed by atoms with van der Waals surface area (Å²) in [6.45, 7) is 5.87. The molecule has 1 aromatic heterocycles. The molecule has 19 heavy (non-hydrogen) atoms. The standard InChI is InChI=1S/C15H18O4/c1-15(2,3)14(17)19-9-10-5-4-6-11-12(16)7-8-18-13(10)11/h4-8,14,17H,9H2,1-3H3. The molecule has 0 bridgehead atoms. The smallest absolute Gasteiger partial charge is 0.192 e. The number of aliphatic hydroxyl groups excluding tert-OH is 1. The van der Waals surface area contributed by atoms with E-state index in [1.165, 1.54) is 12.3 Å². The highest BCUT2D eigenvalue weighted by Gasteiger charge is 2.23. The van der Waals surface area contributed by atoms with Gasteiger partial charge in [0.2, 0.25) is 0 Å². The molecule has 0 aliphatic heterocycles. The summed E-state index contributed by atoms with van der Waals surface area (Å²) in [7, 11) is 0. The zero-order chi connectivity index (χ0) is 14.0. The Kier molecular flexibility index (Phi) is 3.73. The van der Waals surface area contributed by atoms with Crippen molar-refractivity contribution in [3.05, 3.63) is 46.3 Å². The van der Waals surface area contributed by atoms with Crippen LogP contribution in [0.2, 0.25) is 0 Å². The normalized spacial score (nSPS) is 13.7. The fourth-order valence-electron chi connectivity index (χ4n) is 1.70. The van der Waals surface area contributed by atoms with Crippen LogP contribution in [0, 0.1) is 5.41 Å². The Bertz CT molecular complexity index is 622. The number of rotatable bonds is 3. The molecule has 4 nitrogen and oxygen atoms in total. The molecule has 1 atom stereocenters. The second-order valence-corrected chi connectivity index (χ2v) is 5.61. The van der Waals surface area contributed by atoms with Crippen LogP contribution in [0.25, 0.3) is 11.0 Å². The third-order valence-electron chi connectivity index (χ3n) is 2.90. The molecule has 0 saturated carbocycles. The van der Waals surface area contributed by atoms with E-state index in [1.807, 2.05) is 26.8 Å². The van der Waals surface area contributed by atoms with Gasteiger partial charge in [-0.2, -0.15) is 0 Å². The molecule has 0 spiro atoms. The van der Waals surface area contributed by atoms with E-state index in [0.717, 1.165) is 5.56 Å². The van der Waals surface area contributed by atoms with Crippen molar-refractivity contribution in [3.8, 4) is 0 Å². The molecule has 0 saturated heterocycles.